The number of carbonyl (C=O) groups excluding carboxylic acids is 1. The molecule has 1 aliphatic rings. The van der Waals surface area contributed by atoms with Gasteiger partial charge in [0.05, 0.1) is 13.2 Å². The maximum atomic E-state index is 12.2. The van der Waals surface area contributed by atoms with Crippen LogP contribution < -0.4 is 20.5 Å². The Morgan fingerprint density at radius 2 is 1.94 bits per heavy atom. The first-order valence-corrected chi connectivity index (χ1v) is 13.9. The summed E-state index contributed by atoms with van der Waals surface area (Å²) >= 11 is -0.137. The Morgan fingerprint density at radius 1 is 1.19 bits per heavy atom. The molecule has 3 N–H and O–H groups in total. The summed E-state index contributed by atoms with van der Waals surface area (Å²) in [6.45, 7) is 13.3. The average molecular weight is 561 g/mol. The van der Waals surface area contributed by atoms with Crippen LogP contribution in [0, 0.1) is 6.92 Å². The van der Waals surface area contributed by atoms with Crippen LogP contribution in [-0.4, -0.2) is 81.8 Å². The molecule has 0 bridgehead atoms. The van der Waals surface area contributed by atoms with Crippen LogP contribution in [0.15, 0.2) is 18.2 Å². The normalized spacial score (nSPS) is 14.7. The van der Waals surface area contributed by atoms with Gasteiger partial charge in [-0.2, -0.15) is 0 Å². The smallest absolute Gasteiger partial charge is 0.379 e. The summed E-state index contributed by atoms with van der Waals surface area (Å²) in [6.07, 6.45) is 0.897. The van der Waals surface area contributed by atoms with Gasteiger partial charge in [0.2, 0.25) is 0 Å². The second-order valence-corrected chi connectivity index (χ2v) is 12.1. The van der Waals surface area contributed by atoms with Gasteiger partial charge in [0.1, 0.15) is 0 Å². The number of carbonyl (C=O) groups is 1. The molecular formula is C26H35N5O4Se. The third kappa shape index (κ3) is 6.18. The first-order valence-electron chi connectivity index (χ1n) is 12.2. The summed E-state index contributed by atoms with van der Waals surface area (Å²) in [5, 5.41) is 4.17. The van der Waals surface area contributed by atoms with Gasteiger partial charge in [-0.3, -0.25) is 0 Å². The minimum absolute atomic E-state index is 0.0522. The van der Waals surface area contributed by atoms with Crippen molar-refractivity contribution >= 4 is 42.8 Å². The van der Waals surface area contributed by atoms with E-state index in [0.29, 0.717) is 39.9 Å². The number of hydrogen-bond donors (Lipinski definition) is 2. The van der Waals surface area contributed by atoms with Gasteiger partial charge < -0.3 is 4.74 Å². The van der Waals surface area contributed by atoms with Crippen molar-refractivity contribution in [3.8, 4) is 11.5 Å². The Kier molecular flexibility index (Phi) is 8.20. The van der Waals surface area contributed by atoms with Crippen LogP contribution >= 0.6 is 0 Å². The summed E-state index contributed by atoms with van der Waals surface area (Å²) in [4.78, 5) is 23.9. The van der Waals surface area contributed by atoms with E-state index in [1.54, 1.807) is 7.11 Å². The van der Waals surface area contributed by atoms with E-state index in [4.69, 9.17) is 19.9 Å². The van der Waals surface area contributed by atoms with Gasteiger partial charge in [-0.15, -0.1) is 0 Å². The number of amides is 1. The predicted molar refractivity (Wildman–Crippen MR) is 142 cm³/mol. The Balaban J connectivity index is 1.61. The number of methoxy groups -OCH3 is 1. The van der Waals surface area contributed by atoms with Crippen LogP contribution in [0.4, 0.5) is 11.5 Å². The number of aromatic nitrogens is 2. The van der Waals surface area contributed by atoms with E-state index >= 15 is 0 Å². The van der Waals surface area contributed by atoms with E-state index in [9.17, 15) is 4.79 Å². The molecule has 0 aliphatic carbocycles. The fourth-order valence-corrected chi connectivity index (χ4v) is 6.23. The van der Waals surface area contributed by atoms with Crippen molar-refractivity contribution in [1.82, 2.24) is 14.9 Å². The molecule has 1 aliphatic heterocycles. The van der Waals surface area contributed by atoms with Crippen LogP contribution in [0.1, 0.15) is 46.7 Å². The van der Waals surface area contributed by atoms with E-state index < -0.39 is 5.91 Å². The van der Waals surface area contributed by atoms with E-state index in [-0.39, 0.29) is 19.9 Å². The molecule has 0 atom stereocenters. The molecule has 4 rings (SSSR count). The molecule has 1 aromatic carbocycles. The fraction of sp³-hybridized carbons (Fsp3) is 0.500. The van der Waals surface area contributed by atoms with Gasteiger partial charge in [-0.1, -0.05) is 0 Å². The van der Waals surface area contributed by atoms with Gasteiger partial charge in [0.15, 0.2) is 0 Å². The Morgan fingerprint density at radius 3 is 2.61 bits per heavy atom. The quantitative estimate of drug-likeness (QED) is 0.303. The molecule has 1 saturated heterocycles. The number of primary amides is 1. The van der Waals surface area contributed by atoms with Gasteiger partial charge in [0, 0.05) is 13.1 Å². The Hall–Kier alpha value is -2.65. The van der Waals surface area contributed by atoms with Gasteiger partial charge in [0.25, 0.3) is 0 Å². The fourth-order valence-electron chi connectivity index (χ4n) is 4.08. The maximum absolute atomic E-state index is 12.2. The van der Waals surface area contributed by atoms with Gasteiger partial charge in [-0.25, -0.2) is 0 Å². The Labute approximate surface area is 218 Å². The summed E-state index contributed by atoms with van der Waals surface area (Å²) in [5.41, 5.74) is 7.12. The minimum Gasteiger partial charge on any atom is -0.379 e. The van der Waals surface area contributed by atoms with Crippen molar-refractivity contribution in [1.29, 1.82) is 0 Å². The van der Waals surface area contributed by atoms with E-state index in [0.717, 1.165) is 50.2 Å². The number of morpholine rings is 1. The van der Waals surface area contributed by atoms with Crippen LogP contribution in [-0.2, 0) is 10.2 Å². The van der Waals surface area contributed by atoms with Crippen LogP contribution in [0.3, 0.4) is 0 Å². The van der Waals surface area contributed by atoms with Crippen molar-refractivity contribution < 1.29 is 19.0 Å². The third-order valence-corrected chi connectivity index (χ3v) is 9.33. The number of ether oxygens (including phenoxy) is 3. The number of nitrogens with two attached hydrogens (primary N) is 1. The average Bonchev–Trinajstić information content (AvgIpc) is 3.27. The number of benzene rings is 1. The number of anilines is 2. The standard InChI is InChI=1S/C26H35N5O4Se/c1-16-28-18-14-20(33-5)21(35-10-6-7-31-8-11-34-12-9-31)13-17(18)25(29-16)30-19-15-22(26(2,3)4)36-23(19)24(27)32/h13-15H,6-12H2,1-5H3,(H2,27,32)(H,28,29,30). The molecule has 1 fully saturated rings. The summed E-state index contributed by atoms with van der Waals surface area (Å²) in [6, 6.07) is 5.81. The number of nitrogens with one attached hydrogen (secondary N) is 1. The minimum atomic E-state index is -0.408. The number of rotatable bonds is 9. The topological polar surface area (TPSA) is 112 Å². The molecule has 0 radical (unpaired) electrons. The first kappa shape index (κ1) is 26.4. The zero-order chi connectivity index (χ0) is 25.9. The zero-order valence-corrected chi connectivity index (χ0v) is 23.4. The molecule has 0 spiro atoms. The molecule has 0 saturated carbocycles. The second kappa shape index (κ2) is 11.2. The molecule has 3 heterocycles. The molecule has 3 aromatic rings. The molecule has 10 heteroatoms. The van der Waals surface area contributed by atoms with Crippen molar-refractivity contribution in [3.63, 3.8) is 0 Å². The molecule has 9 nitrogen and oxygen atoms in total. The van der Waals surface area contributed by atoms with Crippen molar-refractivity contribution in [2.75, 3.05) is 51.9 Å². The molecule has 0 unspecified atom stereocenters. The Bertz CT molecular complexity index is 1230. The first-order chi connectivity index (χ1) is 17.2. The van der Waals surface area contributed by atoms with Gasteiger partial charge in [-0.05, 0) is 0 Å². The number of nitrogens with zero attached hydrogens (tertiary/aromatic N) is 3. The molecule has 36 heavy (non-hydrogen) atoms. The third-order valence-electron chi connectivity index (χ3n) is 6.02. The van der Waals surface area contributed by atoms with Crippen LogP contribution in [0.25, 0.3) is 10.9 Å². The summed E-state index contributed by atoms with van der Waals surface area (Å²) < 4.78 is 19.0. The van der Waals surface area contributed by atoms with E-state index in [2.05, 4.69) is 41.0 Å². The summed E-state index contributed by atoms with van der Waals surface area (Å²) in [5.74, 6) is 2.06. The SMILES string of the molecule is COc1cc2nc(C)nc(Nc3cc(C(C)(C)C)[se]c3C(N)=O)c2cc1OCCCN1CCOCC1. The van der Waals surface area contributed by atoms with E-state index in [1.807, 2.05) is 25.1 Å². The molecule has 194 valence electrons. The molecular weight excluding hydrogens is 525 g/mol. The van der Waals surface area contributed by atoms with Crippen LogP contribution in [0.2, 0.25) is 0 Å². The molecule has 1 amide bonds. The van der Waals surface area contributed by atoms with Crippen LogP contribution in [0.5, 0.6) is 11.5 Å². The van der Waals surface area contributed by atoms with Gasteiger partial charge >= 0.3 is 187 Å². The second-order valence-electron chi connectivity index (χ2n) is 9.89. The van der Waals surface area contributed by atoms with Crippen molar-refractivity contribution in [3.05, 3.63) is 32.9 Å². The zero-order valence-electron chi connectivity index (χ0n) is 21.6. The summed E-state index contributed by atoms with van der Waals surface area (Å²) in [7, 11) is 1.62. The van der Waals surface area contributed by atoms with E-state index in [1.165, 1.54) is 4.44 Å². The molecule has 2 aromatic heterocycles. The van der Waals surface area contributed by atoms with Crippen molar-refractivity contribution in [2.24, 2.45) is 5.73 Å². The number of hydrogen-bond acceptors (Lipinski definition) is 8. The predicted octanol–water partition coefficient (Wildman–Crippen LogP) is 3.24. The number of fused-ring (bicyclic) bond motifs is 1. The monoisotopic (exact) mass is 561 g/mol. The van der Waals surface area contributed by atoms with Crippen molar-refractivity contribution in [2.45, 2.75) is 39.5 Å². The number of aryl methyl sites for hydroxylation is 1.